The van der Waals surface area contributed by atoms with Gasteiger partial charge in [-0.05, 0) is 6.07 Å². The summed E-state index contributed by atoms with van der Waals surface area (Å²) in [5.74, 6) is 1.11. The van der Waals surface area contributed by atoms with Crippen LogP contribution in [0.2, 0.25) is 0 Å². The topological polar surface area (TPSA) is 130 Å². The molecule has 0 spiro atoms. The monoisotopic (exact) mass is 269 g/mol. The minimum Gasteiger partial charge on any atom is -0.383 e. The van der Waals surface area contributed by atoms with Crippen molar-refractivity contribution in [1.82, 2.24) is 25.1 Å². The normalized spacial score (nSPS) is 10.6. The lowest BCUT2D eigenvalue weighted by Gasteiger charge is -2.01. The summed E-state index contributed by atoms with van der Waals surface area (Å²) in [6, 6.07) is 3.54. The average Bonchev–Trinajstić information content (AvgIpc) is 2.92. The van der Waals surface area contributed by atoms with Crippen LogP contribution in [0.3, 0.4) is 0 Å². The smallest absolute Gasteiger partial charge is 0.221 e. The zero-order valence-corrected chi connectivity index (χ0v) is 10.4. The Bertz CT molecular complexity index is 726. The zero-order valence-electron chi connectivity index (χ0n) is 10.4. The third-order valence-electron chi connectivity index (χ3n) is 2.68. The van der Waals surface area contributed by atoms with Crippen molar-refractivity contribution in [3.05, 3.63) is 42.2 Å². The molecule has 100 valence electrons. The Morgan fingerprint density at radius 1 is 1.15 bits per heavy atom. The van der Waals surface area contributed by atoms with Crippen LogP contribution < -0.4 is 11.5 Å². The Morgan fingerprint density at radius 3 is 2.80 bits per heavy atom. The van der Waals surface area contributed by atoms with Gasteiger partial charge in [0, 0.05) is 30.4 Å². The summed E-state index contributed by atoms with van der Waals surface area (Å²) in [5, 5.41) is 3.96. The zero-order chi connectivity index (χ0) is 13.9. The SMILES string of the molecule is Nc1ncc(Cc2cc(-c3ccncn3)no2)c(N)n1. The summed E-state index contributed by atoms with van der Waals surface area (Å²) in [4.78, 5) is 15.8. The molecule has 0 fully saturated rings. The second-order valence-corrected chi connectivity index (χ2v) is 4.09. The first kappa shape index (κ1) is 12.0. The van der Waals surface area contributed by atoms with Gasteiger partial charge in [0.2, 0.25) is 5.95 Å². The highest BCUT2D eigenvalue weighted by atomic mass is 16.5. The van der Waals surface area contributed by atoms with Crippen molar-refractivity contribution in [2.45, 2.75) is 6.42 Å². The number of nitrogens with two attached hydrogens (primary N) is 2. The summed E-state index contributed by atoms with van der Waals surface area (Å²) < 4.78 is 5.26. The van der Waals surface area contributed by atoms with E-state index in [-0.39, 0.29) is 5.95 Å². The highest BCUT2D eigenvalue weighted by Gasteiger charge is 2.10. The minimum atomic E-state index is 0.144. The van der Waals surface area contributed by atoms with Gasteiger partial charge >= 0.3 is 0 Å². The Kier molecular flexibility index (Phi) is 2.96. The van der Waals surface area contributed by atoms with E-state index in [1.165, 1.54) is 6.33 Å². The summed E-state index contributed by atoms with van der Waals surface area (Å²) in [6.45, 7) is 0. The van der Waals surface area contributed by atoms with Gasteiger partial charge in [0.25, 0.3) is 0 Å². The van der Waals surface area contributed by atoms with E-state index in [2.05, 4.69) is 25.1 Å². The lowest BCUT2D eigenvalue weighted by Crippen LogP contribution is -2.03. The third-order valence-corrected chi connectivity index (χ3v) is 2.68. The van der Waals surface area contributed by atoms with Gasteiger partial charge in [-0.2, -0.15) is 4.98 Å². The molecule has 8 nitrogen and oxygen atoms in total. The van der Waals surface area contributed by atoms with Crippen molar-refractivity contribution in [3.63, 3.8) is 0 Å². The summed E-state index contributed by atoms with van der Waals surface area (Å²) in [5.41, 5.74) is 13.3. The number of rotatable bonds is 3. The predicted molar refractivity (Wildman–Crippen MR) is 71.2 cm³/mol. The van der Waals surface area contributed by atoms with Crippen molar-refractivity contribution in [2.24, 2.45) is 0 Å². The standard InChI is InChI=1S/C12H11N7O/c13-11-7(5-16-12(14)18-11)3-8-4-10(19-20-8)9-1-2-15-6-17-9/h1-2,4-6H,3H2,(H4,13,14,16,18). The van der Waals surface area contributed by atoms with Crippen LogP contribution in [0.25, 0.3) is 11.4 Å². The van der Waals surface area contributed by atoms with Gasteiger partial charge in [0.05, 0.1) is 5.69 Å². The van der Waals surface area contributed by atoms with Crippen LogP contribution in [0.5, 0.6) is 0 Å². The lowest BCUT2D eigenvalue weighted by atomic mass is 10.1. The van der Waals surface area contributed by atoms with Crippen molar-refractivity contribution >= 4 is 11.8 Å². The van der Waals surface area contributed by atoms with Gasteiger partial charge in [0.1, 0.15) is 23.6 Å². The molecule has 0 amide bonds. The average molecular weight is 269 g/mol. The second-order valence-electron chi connectivity index (χ2n) is 4.09. The molecule has 0 saturated heterocycles. The maximum Gasteiger partial charge on any atom is 0.221 e. The van der Waals surface area contributed by atoms with Crippen LogP contribution in [0.4, 0.5) is 11.8 Å². The molecule has 3 rings (SSSR count). The molecule has 0 unspecified atom stereocenters. The minimum absolute atomic E-state index is 0.144. The van der Waals surface area contributed by atoms with Gasteiger partial charge in [-0.1, -0.05) is 5.16 Å². The van der Waals surface area contributed by atoms with E-state index in [0.29, 0.717) is 29.4 Å². The highest BCUT2D eigenvalue weighted by molar-refractivity contribution is 5.53. The van der Waals surface area contributed by atoms with E-state index in [0.717, 1.165) is 5.56 Å². The molecule has 20 heavy (non-hydrogen) atoms. The van der Waals surface area contributed by atoms with Crippen LogP contribution in [-0.4, -0.2) is 25.1 Å². The molecule has 0 aromatic carbocycles. The molecular formula is C12H11N7O. The first-order valence-electron chi connectivity index (χ1n) is 5.81. The first-order chi connectivity index (χ1) is 9.72. The predicted octanol–water partition coefficient (Wildman–Crippen LogP) is 0.677. The third kappa shape index (κ3) is 2.39. The van der Waals surface area contributed by atoms with Crippen LogP contribution in [-0.2, 0) is 6.42 Å². The summed E-state index contributed by atoms with van der Waals surface area (Å²) in [7, 11) is 0. The number of hydrogen-bond donors (Lipinski definition) is 2. The van der Waals surface area contributed by atoms with Crippen LogP contribution in [0, 0.1) is 0 Å². The molecule has 0 radical (unpaired) electrons. The van der Waals surface area contributed by atoms with Crippen molar-refractivity contribution in [1.29, 1.82) is 0 Å². The van der Waals surface area contributed by atoms with E-state index in [9.17, 15) is 0 Å². The van der Waals surface area contributed by atoms with Crippen LogP contribution in [0.15, 0.2) is 35.4 Å². The Labute approximate surface area is 113 Å². The second kappa shape index (κ2) is 4.92. The van der Waals surface area contributed by atoms with Gasteiger partial charge in [-0.15, -0.1) is 0 Å². The lowest BCUT2D eigenvalue weighted by molar-refractivity contribution is 0.391. The van der Waals surface area contributed by atoms with E-state index in [4.69, 9.17) is 16.0 Å². The molecule has 0 aliphatic carbocycles. The number of hydrogen-bond acceptors (Lipinski definition) is 8. The van der Waals surface area contributed by atoms with Gasteiger partial charge < -0.3 is 16.0 Å². The summed E-state index contributed by atoms with van der Waals surface area (Å²) >= 11 is 0. The molecule has 0 aliphatic heterocycles. The molecule has 4 N–H and O–H groups in total. The van der Waals surface area contributed by atoms with Crippen LogP contribution in [0.1, 0.15) is 11.3 Å². The van der Waals surface area contributed by atoms with Gasteiger partial charge in [-0.25, -0.2) is 15.0 Å². The fourth-order valence-electron chi connectivity index (χ4n) is 1.72. The van der Waals surface area contributed by atoms with Gasteiger partial charge in [0.15, 0.2) is 0 Å². The molecule has 0 saturated carbocycles. The maximum absolute atomic E-state index is 5.77. The van der Waals surface area contributed by atoms with E-state index in [1.54, 1.807) is 24.5 Å². The van der Waals surface area contributed by atoms with Crippen molar-refractivity contribution in [2.75, 3.05) is 11.5 Å². The molecule has 0 atom stereocenters. The number of anilines is 2. The largest absolute Gasteiger partial charge is 0.383 e. The summed E-state index contributed by atoms with van der Waals surface area (Å²) in [6.07, 6.45) is 5.10. The Morgan fingerprint density at radius 2 is 2.05 bits per heavy atom. The quantitative estimate of drug-likeness (QED) is 0.709. The number of nitrogens with zero attached hydrogens (tertiary/aromatic N) is 5. The molecular weight excluding hydrogens is 258 g/mol. The molecule has 3 aromatic rings. The maximum atomic E-state index is 5.77. The molecule has 8 heteroatoms. The van der Waals surface area contributed by atoms with Crippen molar-refractivity contribution < 1.29 is 4.52 Å². The van der Waals surface area contributed by atoms with E-state index < -0.39 is 0 Å². The number of aromatic nitrogens is 5. The highest BCUT2D eigenvalue weighted by Crippen LogP contribution is 2.19. The Balaban J connectivity index is 1.84. The fraction of sp³-hybridized carbons (Fsp3) is 0.0833. The molecule has 3 aromatic heterocycles. The van der Waals surface area contributed by atoms with E-state index in [1.807, 2.05) is 0 Å². The number of nitrogen functional groups attached to an aromatic ring is 2. The Hall–Kier alpha value is -3.03. The molecule has 0 bridgehead atoms. The molecule has 3 heterocycles. The van der Waals surface area contributed by atoms with E-state index >= 15 is 0 Å². The van der Waals surface area contributed by atoms with Gasteiger partial charge in [-0.3, -0.25) is 0 Å². The molecule has 0 aliphatic rings. The fourth-order valence-corrected chi connectivity index (χ4v) is 1.72. The van der Waals surface area contributed by atoms with Crippen molar-refractivity contribution in [3.8, 4) is 11.4 Å². The first-order valence-corrected chi connectivity index (χ1v) is 5.81. The van der Waals surface area contributed by atoms with Crippen LogP contribution >= 0.6 is 0 Å².